The quantitative estimate of drug-likeness (QED) is 0.621. The average Bonchev–Trinajstić information content (AvgIpc) is 2.91. The lowest BCUT2D eigenvalue weighted by Crippen LogP contribution is -2.10. The maximum absolute atomic E-state index is 14.9. The van der Waals surface area contributed by atoms with Crippen molar-refractivity contribution in [2.45, 2.75) is 12.8 Å². The molecule has 0 amide bonds. The van der Waals surface area contributed by atoms with Crippen LogP contribution in [0.15, 0.2) is 42.2 Å². The third kappa shape index (κ3) is 3.35. The number of halogens is 3. The number of terminal acetylenes is 1. The molecule has 2 aromatic carbocycles. The second kappa shape index (κ2) is 7.53. The van der Waals surface area contributed by atoms with E-state index in [2.05, 4.69) is 5.92 Å². The first-order valence-electron chi connectivity index (χ1n) is 7.96. The first-order chi connectivity index (χ1) is 12.5. The van der Waals surface area contributed by atoms with E-state index in [1.165, 1.54) is 13.2 Å². The Morgan fingerprint density at radius 3 is 2.50 bits per heavy atom. The molecule has 0 heterocycles. The molecule has 0 bridgehead atoms. The molecule has 0 aliphatic heterocycles. The Kier molecular flexibility index (Phi) is 5.36. The summed E-state index contributed by atoms with van der Waals surface area (Å²) < 4.78 is 20.2. The first-order valence-corrected chi connectivity index (χ1v) is 8.72. The Hall–Kier alpha value is -2.28. The molecule has 0 spiro atoms. The van der Waals surface area contributed by atoms with Gasteiger partial charge in [0.15, 0.2) is 5.78 Å². The lowest BCUT2D eigenvalue weighted by Gasteiger charge is -2.12. The zero-order chi connectivity index (χ0) is 18.8. The number of ketones is 1. The molecule has 1 aliphatic rings. The van der Waals surface area contributed by atoms with Crippen molar-refractivity contribution >= 4 is 34.6 Å². The Labute approximate surface area is 161 Å². The molecule has 1 unspecified atom stereocenters. The van der Waals surface area contributed by atoms with Gasteiger partial charge in [-0.2, -0.15) is 0 Å². The predicted octanol–water partition coefficient (Wildman–Crippen LogP) is 5.77. The topological polar surface area (TPSA) is 26.3 Å². The molecule has 0 fully saturated rings. The van der Waals surface area contributed by atoms with E-state index in [0.717, 1.165) is 5.56 Å². The lowest BCUT2D eigenvalue weighted by molar-refractivity contribution is -0.116. The Balaban J connectivity index is 2.07. The van der Waals surface area contributed by atoms with Gasteiger partial charge >= 0.3 is 0 Å². The van der Waals surface area contributed by atoms with Gasteiger partial charge in [-0.15, -0.1) is 12.3 Å². The third-order valence-corrected chi connectivity index (χ3v) is 4.96. The highest BCUT2D eigenvalue weighted by Gasteiger charge is 2.36. The largest absolute Gasteiger partial charge is 0.500 e. The van der Waals surface area contributed by atoms with Gasteiger partial charge in [0, 0.05) is 29.3 Å². The number of hydrogen-bond acceptors (Lipinski definition) is 2. The number of hydrogen-bond donors (Lipinski definition) is 0. The minimum Gasteiger partial charge on any atom is -0.500 e. The summed E-state index contributed by atoms with van der Waals surface area (Å²) >= 11 is 12.2. The van der Waals surface area contributed by atoms with Crippen LogP contribution in [0, 0.1) is 24.1 Å². The fourth-order valence-corrected chi connectivity index (χ4v) is 3.56. The lowest BCUT2D eigenvalue weighted by atomic mass is 9.95. The van der Waals surface area contributed by atoms with Gasteiger partial charge in [-0.25, -0.2) is 4.39 Å². The molecule has 26 heavy (non-hydrogen) atoms. The number of Topliss-reactive ketones (excluding diaryl/α,β-unsaturated/α-hetero) is 1. The van der Waals surface area contributed by atoms with E-state index in [1.54, 1.807) is 30.3 Å². The molecule has 0 radical (unpaired) electrons. The summed E-state index contributed by atoms with van der Waals surface area (Å²) in [5, 5.41) is 0.733. The van der Waals surface area contributed by atoms with Gasteiger partial charge in [0.25, 0.3) is 0 Å². The van der Waals surface area contributed by atoms with Gasteiger partial charge in [0.05, 0.1) is 17.7 Å². The Morgan fingerprint density at radius 2 is 1.92 bits per heavy atom. The molecule has 132 valence electrons. The van der Waals surface area contributed by atoms with Crippen molar-refractivity contribution in [2.24, 2.45) is 5.92 Å². The predicted molar refractivity (Wildman–Crippen MR) is 102 cm³/mol. The minimum atomic E-state index is -0.582. The van der Waals surface area contributed by atoms with Crippen LogP contribution in [0.3, 0.4) is 0 Å². The van der Waals surface area contributed by atoms with Crippen LogP contribution in [-0.2, 0) is 9.53 Å². The summed E-state index contributed by atoms with van der Waals surface area (Å²) in [5.41, 5.74) is 1.60. The molecule has 2 nitrogen and oxygen atoms in total. The third-order valence-electron chi connectivity index (χ3n) is 4.41. The highest BCUT2D eigenvalue weighted by molar-refractivity contribution is 6.36. The zero-order valence-corrected chi connectivity index (χ0v) is 15.5. The summed E-state index contributed by atoms with van der Waals surface area (Å²) in [6.07, 6.45) is 5.95. The first kappa shape index (κ1) is 18.5. The van der Waals surface area contributed by atoms with Gasteiger partial charge < -0.3 is 4.74 Å². The molecule has 0 N–H and O–H groups in total. The fourth-order valence-electron chi connectivity index (χ4n) is 3.14. The number of methoxy groups -OCH3 is 1. The van der Waals surface area contributed by atoms with Crippen molar-refractivity contribution in [2.75, 3.05) is 7.11 Å². The van der Waals surface area contributed by atoms with Crippen molar-refractivity contribution in [3.05, 3.63) is 63.6 Å². The average molecular weight is 389 g/mol. The summed E-state index contributed by atoms with van der Waals surface area (Å²) in [6, 6.07) is 9.96. The Morgan fingerprint density at radius 1 is 1.23 bits per heavy atom. The zero-order valence-electron chi connectivity index (χ0n) is 14.0. The van der Waals surface area contributed by atoms with E-state index in [9.17, 15) is 9.18 Å². The van der Waals surface area contributed by atoms with Gasteiger partial charge in [-0.3, -0.25) is 4.79 Å². The SMILES string of the molecule is C#CCC1CC(OC)=C(c2c(F)cc(-c3ccc(Cl)cc3)cc2Cl)C1=O. The van der Waals surface area contributed by atoms with Crippen LogP contribution in [0.2, 0.25) is 10.0 Å². The highest BCUT2D eigenvalue weighted by atomic mass is 35.5. The number of rotatable bonds is 4. The van der Waals surface area contributed by atoms with Crippen molar-refractivity contribution < 1.29 is 13.9 Å². The van der Waals surface area contributed by atoms with Crippen LogP contribution >= 0.6 is 23.2 Å². The summed E-state index contributed by atoms with van der Waals surface area (Å²) in [5.74, 6) is 1.67. The molecule has 0 saturated carbocycles. The summed E-state index contributed by atoms with van der Waals surface area (Å²) in [6.45, 7) is 0. The number of allylic oxidation sites excluding steroid dienone is 2. The number of benzene rings is 2. The number of carbonyl (C=O) groups excluding carboxylic acids is 1. The smallest absolute Gasteiger partial charge is 0.171 e. The van der Waals surface area contributed by atoms with Crippen LogP contribution < -0.4 is 0 Å². The molecular weight excluding hydrogens is 374 g/mol. The second-order valence-corrected chi connectivity index (χ2v) is 6.84. The van der Waals surface area contributed by atoms with Crippen LogP contribution in [0.25, 0.3) is 16.7 Å². The monoisotopic (exact) mass is 388 g/mol. The van der Waals surface area contributed by atoms with Crippen molar-refractivity contribution in [3.8, 4) is 23.5 Å². The minimum absolute atomic E-state index is 0.0609. The van der Waals surface area contributed by atoms with E-state index >= 15 is 0 Å². The van der Waals surface area contributed by atoms with Crippen molar-refractivity contribution in [3.63, 3.8) is 0 Å². The van der Waals surface area contributed by atoms with Crippen LogP contribution in [-0.4, -0.2) is 12.9 Å². The standard InChI is InChI=1S/C21H15Cl2FO2/c1-3-4-13-11-18(26-2)20(21(13)25)19-16(23)9-14(10-17(19)24)12-5-7-15(22)8-6-12/h1,5-10,13H,4,11H2,2H3. The van der Waals surface area contributed by atoms with Crippen LogP contribution in [0.4, 0.5) is 4.39 Å². The maximum Gasteiger partial charge on any atom is 0.171 e. The van der Waals surface area contributed by atoms with Crippen molar-refractivity contribution in [1.82, 2.24) is 0 Å². The maximum atomic E-state index is 14.9. The van der Waals surface area contributed by atoms with Crippen molar-refractivity contribution in [1.29, 1.82) is 0 Å². The van der Waals surface area contributed by atoms with E-state index in [1.807, 2.05) is 0 Å². The molecule has 1 aliphatic carbocycles. The van der Waals surface area contributed by atoms with E-state index in [0.29, 0.717) is 22.8 Å². The molecule has 0 aromatic heterocycles. The van der Waals surface area contributed by atoms with Gasteiger partial charge in [0.1, 0.15) is 11.6 Å². The molecule has 2 aromatic rings. The van der Waals surface area contributed by atoms with Gasteiger partial charge in [0.2, 0.25) is 0 Å². The van der Waals surface area contributed by atoms with Gasteiger partial charge in [-0.1, -0.05) is 35.3 Å². The number of carbonyl (C=O) groups is 1. The van der Waals surface area contributed by atoms with Crippen LogP contribution in [0.1, 0.15) is 18.4 Å². The highest BCUT2D eigenvalue weighted by Crippen LogP contribution is 2.41. The fraction of sp³-hybridized carbons (Fsp3) is 0.190. The van der Waals surface area contributed by atoms with E-state index in [-0.39, 0.29) is 28.4 Å². The second-order valence-electron chi connectivity index (χ2n) is 6.00. The van der Waals surface area contributed by atoms with E-state index in [4.69, 9.17) is 34.4 Å². The number of ether oxygens (including phenoxy) is 1. The summed E-state index contributed by atoms with van der Waals surface area (Å²) in [7, 11) is 1.45. The van der Waals surface area contributed by atoms with Gasteiger partial charge in [-0.05, 0) is 35.4 Å². The molecule has 0 saturated heterocycles. The van der Waals surface area contributed by atoms with Crippen LogP contribution in [0.5, 0.6) is 0 Å². The van der Waals surface area contributed by atoms with E-state index < -0.39 is 11.7 Å². The molecule has 1 atom stereocenters. The summed E-state index contributed by atoms with van der Waals surface area (Å²) in [4.78, 5) is 12.7. The normalized spacial score (nSPS) is 16.7. The molecule has 5 heteroatoms. The molecular formula is C21H15Cl2FO2. The molecule has 3 rings (SSSR count). The Bertz CT molecular complexity index is 916.